The lowest BCUT2D eigenvalue weighted by molar-refractivity contribution is 0.598. The maximum absolute atomic E-state index is 3.28. The van der Waals surface area contributed by atoms with Crippen LogP contribution in [0.3, 0.4) is 0 Å². The predicted octanol–water partition coefficient (Wildman–Crippen LogP) is 2.29. The Bertz CT molecular complexity index is 271. The van der Waals surface area contributed by atoms with Gasteiger partial charge in [0.15, 0.2) is 0 Å². The zero-order valence-corrected chi connectivity index (χ0v) is 7.41. The Balaban J connectivity index is 2.22. The van der Waals surface area contributed by atoms with Crippen molar-refractivity contribution >= 4 is 21.2 Å². The van der Waals surface area contributed by atoms with E-state index in [1.807, 2.05) is 10.9 Å². The van der Waals surface area contributed by atoms with E-state index in [-0.39, 0.29) is 0 Å². The molecule has 1 unspecified atom stereocenters. The van der Waals surface area contributed by atoms with Crippen molar-refractivity contribution in [2.75, 3.05) is 0 Å². The van der Waals surface area contributed by atoms with Crippen molar-refractivity contribution in [1.82, 2.24) is 0 Å². The summed E-state index contributed by atoms with van der Waals surface area (Å²) in [4.78, 5) is 1.43. The molecule has 2 aliphatic rings. The van der Waals surface area contributed by atoms with Crippen molar-refractivity contribution in [3.05, 3.63) is 0 Å². The van der Waals surface area contributed by atoms with Gasteiger partial charge in [0, 0.05) is 12.3 Å². The van der Waals surface area contributed by atoms with Gasteiger partial charge in [-0.05, 0) is 24.6 Å². The summed E-state index contributed by atoms with van der Waals surface area (Å²) in [6.07, 6.45) is 6.41. The monoisotopic (exact) mass is 164 g/mol. The maximum atomic E-state index is 3.28. The van der Waals surface area contributed by atoms with Gasteiger partial charge in [0.25, 0.3) is 0 Å². The number of fused-ring (bicyclic) bond motifs is 1. The topological polar surface area (TPSA) is 0 Å². The molecule has 0 amide bonds. The van der Waals surface area contributed by atoms with Gasteiger partial charge in [0.05, 0.1) is 4.86 Å². The number of hydrogen-bond donors (Lipinski definition) is 0. The van der Waals surface area contributed by atoms with Gasteiger partial charge >= 0.3 is 0 Å². The first kappa shape index (κ1) is 7.18. The molecule has 2 rings (SSSR count). The molecule has 0 aromatic rings. The molecule has 0 saturated carbocycles. The van der Waals surface area contributed by atoms with Crippen molar-refractivity contribution in [1.29, 1.82) is 0 Å². The summed E-state index contributed by atoms with van der Waals surface area (Å²) >= 11 is 0. The van der Waals surface area contributed by atoms with Crippen LogP contribution < -0.4 is 0 Å². The van der Waals surface area contributed by atoms with E-state index in [1.54, 1.807) is 0 Å². The fraction of sp³-hybridized carbons (Fsp3) is 0.600. The molecule has 0 aromatic heterocycles. The van der Waals surface area contributed by atoms with Gasteiger partial charge in [-0.2, -0.15) is 0 Å². The molecule has 1 heterocycles. The summed E-state index contributed by atoms with van der Waals surface area (Å²) in [6.45, 7) is 0. The third-order valence-electron chi connectivity index (χ3n) is 2.28. The van der Waals surface area contributed by atoms with E-state index in [4.69, 9.17) is 0 Å². The molecule has 1 atom stereocenters. The van der Waals surface area contributed by atoms with E-state index in [0.717, 1.165) is 12.3 Å². The predicted molar refractivity (Wildman–Crippen MR) is 53.0 cm³/mol. The van der Waals surface area contributed by atoms with Crippen molar-refractivity contribution in [2.45, 2.75) is 32.1 Å². The van der Waals surface area contributed by atoms with Crippen molar-refractivity contribution < 1.29 is 0 Å². The Morgan fingerprint density at radius 2 is 2.45 bits per heavy atom. The second-order valence-electron chi connectivity index (χ2n) is 3.13. The summed E-state index contributed by atoms with van der Waals surface area (Å²) in [5.74, 6) is 7.31. The van der Waals surface area contributed by atoms with Crippen LogP contribution in [0.4, 0.5) is 0 Å². The normalized spacial score (nSPS) is 28.4. The molecule has 0 radical (unpaired) electrons. The number of hydrogen-bond acceptors (Lipinski definition) is 0. The van der Waals surface area contributed by atoms with Crippen LogP contribution >= 0.6 is 10.9 Å². The first-order chi connectivity index (χ1) is 5.47. The minimum absolute atomic E-state index is 0.799. The molecule has 1 heteroatoms. The van der Waals surface area contributed by atoms with Crippen LogP contribution in [0.2, 0.25) is 0 Å². The van der Waals surface area contributed by atoms with E-state index in [2.05, 4.69) is 17.2 Å². The van der Waals surface area contributed by atoms with Crippen LogP contribution in [0.15, 0.2) is 0 Å². The fourth-order valence-corrected chi connectivity index (χ4v) is 2.64. The molecule has 1 aliphatic heterocycles. The number of rotatable bonds is 0. The van der Waals surface area contributed by atoms with Crippen molar-refractivity contribution in [3.8, 4) is 11.8 Å². The lowest BCUT2D eigenvalue weighted by atomic mass is 9.94. The maximum Gasteiger partial charge on any atom is 0.0573 e. The van der Waals surface area contributed by atoms with E-state index < -0.39 is 0 Å². The SMILES string of the molecule is C1#CC2=S=CCC2CCCC1. The van der Waals surface area contributed by atoms with Crippen LogP contribution in [0.1, 0.15) is 32.1 Å². The molecule has 0 aromatic carbocycles. The van der Waals surface area contributed by atoms with Crippen LogP contribution in [0.5, 0.6) is 0 Å². The second-order valence-corrected chi connectivity index (χ2v) is 4.14. The van der Waals surface area contributed by atoms with E-state index in [0.29, 0.717) is 0 Å². The summed E-state index contributed by atoms with van der Waals surface area (Å²) in [5.41, 5.74) is 0. The van der Waals surface area contributed by atoms with Crippen LogP contribution in [-0.2, 0) is 0 Å². The second kappa shape index (κ2) is 3.28. The minimum atomic E-state index is 0.799. The molecule has 0 fully saturated rings. The molecule has 11 heavy (non-hydrogen) atoms. The Morgan fingerprint density at radius 3 is 3.45 bits per heavy atom. The minimum Gasteiger partial charge on any atom is -0.144 e. The third-order valence-corrected chi connectivity index (χ3v) is 3.33. The van der Waals surface area contributed by atoms with Gasteiger partial charge in [-0.15, -0.1) is 10.9 Å². The first-order valence-electron chi connectivity index (χ1n) is 4.31. The lowest BCUT2D eigenvalue weighted by Crippen LogP contribution is -2.09. The third kappa shape index (κ3) is 1.57. The van der Waals surface area contributed by atoms with Crippen molar-refractivity contribution in [3.63, 3.8) is 0 Å². The van der Waals surface area contributed by atoms with Gasteiger partial charge in [0.2, 0.25) is 0 Å². The van der Waals surface area contributed by atoms with Gasteiger partial charge < -0.3 is 0 Å². The largest absolute Gasteiger partial charge is 0.144 e. The van der Waals surface area contributed by atoms with Crippen LogP contribution in [0, 0.1) is 17.8 Å². The van der Waals surface area contributed by atoms with Crippen LogP contribution in [-0.4, -0.2) is 10.2 Å². The highest BCUT2D eigenvalue weighted by atomic mass is 32.1. The summed E-state index contributed by atoms with van der Waals surface area (Å²) in [5, 5.41) is 2.31. The van der Waals surface area contributed by atoms with Gasteiger partial charge in [-0.3, -0.25) is 0 Å². The fourth-order valence-electron chi connectivity index (χ4n) is 1.59. The molecular weight excluding hydrogens is 152 g/mol. The molecule has 0 N–H and O–H groups in total. The van der Waals surface area contributed by atoms with Gasteiger partial charge in [-0.1, -0.05) is 18.3 Å². The van der Waals surface area contributed by atoms with E-state index in [1.165, 1.54) is 30.5 Å². The molecular formula is C10H12S. The molecule has 0 nitrogen and oxygen atoms in total. The Morgan fingerprint density at radius 1 is 1.45 bits per heavy atom. The van der Waals surface area contributed by atoms with Crippen molar-refractivity contribution in [2.24, 2.45) is 5.92 Å². The lowest BCUT2D eigenvalue weighted by Gasteiger charge is -2.10. The highest BCUT2D eigenvalue weighted by Gasteiger charge is 2.15. The van der Waals surface area contributed by atoms with Gasteiger partial charge in [0.1, 0.15) is 0 Å². The highest BCUT2D eigenvalue weighted by molar-refractivity contribution is 7.97. The molecule has 58 valence electrons. The quantitative estimate of drug-likeness (QED) is 0.380. The molecule has 0 spiro atoms. The Labute approximate surface area is 71.5 Å². The average Bonchev–Trinajstić information content (AvgIpc) is 2.35. The van der Waals surface area contributed by atoms with E-state index in [9.17, 15) is 0 Å². The van der Waals surface area contributed by atoms with Gasteiger partial charge in [-0.25, -0.2) is 0 Å². The Hall–Kier alpha value is -0.480. The molecule has 0 saturated heterocycles. The average molecular weight is 164 g/mol. The van der Waals surface area contributed by atoms with E-state index >= 15 is 0 Å². The smallest absolute Gasteiger partial charge is 0.0573 e. The summed E-state index contributed by atoms with van der Waals surface area (Å²) in [6, 6.07) is 0. The first-order valence-corrected chi connectivity index (χ1v) is 5.19. The van der Waals surface area contributed by atoms with Crippen LogP contribution in [0.25, 0.3) is 0 Å². The zero-order valence-electron chi connectivity index (χ0n) is 6.60. The molecule has 1 aliphatic carbocycles. The standard InChI is InChI=1S/C10H12S/c1-2-4-6-10-9(5-3-1)7-8-11-10/h8-9H,1-3,5,7H2. The molecule has 0 bridgehead atoms. The summed E-state index contributed by atoms with van der Waals surface area (Å²) in [7, 11) is 1.87. The Kier molecular flexibility index (Phi) is 2.14. The summed E-state index contributed by atoms with van der Waals surface area (Å²) < 4.78 is 0. The highest BCUT2D eigenvalue weighted by Crippen LogP contribution is 2.20. The zero-order chi connectivity index (χ0) is 7.52.